The SMILES string of the molecule is CCCCNc1nc(C)cn1CCc1nc(C)cs1. The van der Waals surface area contributed by atoms with Crippen LogP contribution in [0.4, 0.5) is 5.95 Å². The molecule has 2 aromatic rings. The van der Waals surface area contributed by atoms with E-state index in [-0.39, 0.29) is 0 Å². The summed E-state index contributed by atoms with van der Waals surface area (Å²) in [5.74, 6) is 0.985. The van der Waals surface area contributed by atoms with Crippen LogP contribution in [0.5, 0.6) is 0 Å². The summed E-state index contributed by atoms with van der Waals surface area (Å²) in [6.45, 7) is 8.20. The van der Waals surface area contributed by atoms with Gasteiger partial charge in [-0.15, -0.1) is 11.3 Å². The zero-order chi connectivity index (χ0) is 13.7. The van der Waals surface area contributed by atoms with Crippen LogP contribution >= 0.6 is 11.3 Å². The molecule has 2 rings (SSSR count). The number of aryl methyl sites for hydroxylation is 4. The zero-order valence-electron chi connectivity index (χ0n) is 11.9. The largest absolute Gasteiger partial charge is 0.356 e. The van der Waals surface area contributed by atoms with Crippen LogP contribution in [0, 0.1) is 13.8 Å². The molecule has 0 aromatic carbocycles. The third kappa shape index (κ3) is 4.06. The lowest BCUT2D eigenvalue weighted by atomic mass is 10.3. The van der Waals surface area contributed by atoms with Gasteiger partial charge in [-0.1, -0.05) is 13.3 Å². The number of hydrogen-bond acceptors (Lipinski definition) is 4. The van der Waals surface area contributed by atoms with Crippen LogP contribution in [0.3, 0.4) is 0 Å². The maximum atomic E-state index is 4.53. The molecule has 0 aliphatic heterocycles. The van der Waals surface area contributed by atoms with E-state index in [0.29, 0.717) is 0 Å². The Bertz CT molecular complexity index is 515. The average molecular weight is 278 g/mol. The third-order valence-corrected chi connectivity index (χ3v) is 3.97. The number of imidazole rings is 1. The summed E-state index contributed by atoms with van der Waals surface area (Å²) >= 11 is 1.74. The molecule has 19 heavy (non-hydrogen) atoms. The number of nitrogens with one attached hydrogen (secondary N) is 1. The van der Waals surface area contributed by atoms with Gasteiger partial charge in [-0.2, -0.15) is 0 Å². The second kappa shape index (κ2) is 6.70. The van der Waals surface area contributed by atoms with E-state index in [9.17, 15) is 0 Å². The molecule has 0 amide bonds. The van der Waals surface area contributed by atoms with Crippen molar-refractivity contribution >= 4 is 17.3 Å². The lowest BCUT2D eigenvalue weighted by Crippen LogP contribution is -2.09. The maximum absolute atomic E-state index is 4.53. The summed E-state index contributed by atoms with van der Waals surface area (Å²) < 4.78 is 2.20. The van der Waals surface area contributed by atoms with Crippen LogP contribution in [-0.2, 0) is 13.0 Å². The van der Waals surface area contributed by atoms with Crippen molar-refractivity contribution in [1.82, 2.24) is 14.5 Å². The van der Waals surface area contributed by atoms with Gasteiger partial charge in [0.1, 0.15) is 0 Å². The van der Waals surface area contributed by atoms with Crippen molar-refractivity contribution in [3.8, 4) is 0 Å². The molecule has 0 fully saturated rings. The first-order valence-electron chi connectivity index (χ1n) is 6.87. The van der Waals surface area contributed by atoms with Crippen molar-refractivity contribution in [1.29, 1.82) is 0 Å². The van der Waals surface area contributed by atoms with Gasteiger partial charge in [0.05, 0.1) is 10.7 Å². The van der Waals surface area contributed by atoms with E-state index in [4.69, 9.17) is 0 Å². The summed E-state index contributed by atoms with van der Waals surface area (Å²) in [4.78, 5) is 9.04. The van der Waals surface area contributed by atoms with Crippen molar-refractivity contribution in [2.75, 3.05) is 11.9 Å². The lowest BCUT2D eigenvalue weighted by molar-refractivity contribution is 0.691. The normalized spacial score (nSPS) is 10.9. The van der Waals surface area contributed by atoms with Crippen molar-refractivity contribution < 1.29 is 0 Å². The van der Waals surface area contributed by atoms with Gasteiger partial charge < -0.3 is 9.88 Å². The molecule has 2 heterocycles. The van der Waals surface area contributed by atoms with Crippen LogP contribution < -0.4 is 5.32 Å². The molecule has 104 valence electrons. The first kappa shape index (κ1) is 14.1. The minimum absolute atomic E-state index is 0.933. The quantitative estimate of drug-likeness (QED) is 0.789. The maximum Gasteiger partial charge on any atom is 0.203 e. The highest BCUT2D eigenvalue weighted by Crippen LogP contribution is 2.13. The monoisotopic (exact) mass is 278 g/mol. The highest BCUT2D eigenvalue weighted by molar-refractivity contribution is 7.09. The fourth-order valence-corrected chi connectivity index (χ4v) is 2.73. The van der Waals surface area contributed by atoms with Gasteiger partial charge in [0, 0.05) is 36.8 Å². The van der Waals surface area contributed by atoms with Gasteiger partial charge in [-0.3, -0.25) is 0 Å². The van der Waals surface area contributed by atoms with Gasteiger partial charge in [0.25, 0.3) is 0 Å². The van der Waals surface area contributed by atoms with E-state index < -0.39 is 0 Å². The Hall–Kier alpha value is -1.36. The van der Waals surface area contributed by atoms with Crippen LogP contribution in [0.25, 0.3) is 0 Å². The molecule has 0 unspecified atom stereocenters. The summed E-state index contributed by atoms with van der Waals surface area (Å²) in [6, 6.07) is 0. The molecule has 0 spiro atoms. The molecular weight excluding hydrogens is 256 g/mol. The molecule has 0 atom stereocenters. The van der Waals surface area contributed by atoms with Gasteiger partial charge in [0.15, 0.2) is 0 Å². The fraction of sp³-hybridized carbons (Fsp3) is 0.571. The van der Waals surface area contributed by atoms with Gasteiger partial charge in [-0.25, -0.2) is 9.97 Å². The number of unbranched alkanes of at least 4 members (excludes halogenated alkanes) is 1. The molecule has 0 aliphatic rings. The topological polar surface area (TPSA) is 42.7 Å². The van der Waals surface area contributed by atoms with E-state index in [0.717, 1.165) is 36.8 Å². The molecule has 0 saturated carbocycles. The Morgan fingerprint density at radius 3 is 2.79 bits per heavy atom. The van der Waals surface area contributed by atoms with E-state index >= 15 is 0 Å². The highest BCUT2D eigenvalue weighted by atomic mass is 32.1. The number of hydrogen-bond donors (Lipinski definition) is 1. The predicted octanol–water partition coefficient (Wildman–Crippen LogP) is 3.41. The van der Waals surface area contributed by atoms with Crippen molar-refractivity contribution in [3.63, 3.8) is 0 Å². The second-order valence-electron chi connectivity index (χ2n) is 4.81. The number of rotatable bonds is 7. The number of nitrogens with zero attached hydrogens (tertiary/aromatic N) is 3. The Morgan fingerprint density at radius 2 is 2.11 bits per heavy atom. The average Bonchev–Trinajstić information content (AvgIpc) is 2.94. The summed E-state index contributed by atoms with van der Waals surface area (Å²) in [5.41, 5.74) is 2.18. The fourth-order valence-electron chi connectivity index (χ4n) is 1.97. The third-order valence-electron chi connectivity index (χ3n) is 2.94. The van der Waals surface area contributed by atoms with Crippen molar-refractivity contribution in [3.05, 3.63) is 28.0 Å². The Labute approximate surface area is 118 Å². The predicted molar refractivity (Wildman–Crippen MR) is 80.9 cm³/mol. The molecule has 5 heteroatoms. The van der Waals surface area contributed by atoms with Crippen LogP contribution in [-0.4, -0.2) is 21.1 Å². The van der Waals surface area contributed by atoms with Gasteiger partial charge in [-0.05, 0) is 20.3 Å². The zero-order valence-corrected chi connectivity index (χ0v) is 12.8. The number of aromatic nitrogens is 3. The second-order valence-corrected chi connectivity index (χ2v) is 5.75. The minimum Gasteiger partial charge on any atom is -0.356 e. The van der Waals surface area contributed by atoms with Crippen LogP contribution in [0.2, 0.25) is 0 Å². The van der Waals surface area contributed by atoms with Crippen molar-refractivity contribution in [2.24, 2.45) is 0 Å². The van der Waals surface area contributed by atoms with Crippen LogP contribution in [0.1, 0.15) is 36.2 Å². The number of thiazole rings is 1. The summed E-state index contributed by atoms with van der Waals surface area (Å²) in [5, 5.41) is 6.71. The Kier molecular flexibility index (Phi) is 4.96. The Morgan fingerprint density at radius 1 is 1.26 bits per heavy atom. The van der Waals surface area contributed by atoms with Crippen molar-refractivity contribution in [2.45, 2.75) is 46.6 Å². The molecule has 1 N–H and O–H groups in total. The molecule has 0 radical (unpaired) electrons. The molecule has 0 saturated heterocycles. The molecule has 2 aromatic heterocycles. The van der Waals surface area contributed by atoms with E-state index in [1.807, 2.05) is 13.8 Å². The van der Waals surface area contributed by atoms with E-state index in [1.165, 1.54) is 17.8 Å². The molecular formula is C14H22N4S. The van der Waals surface area contributed by atoms with Gasteiger partial charge >= 0.3 is 0 Å². The smallest absolute Gasteiger partial charge is 0.203 e. The summed E-state index contributed by atoms with van der Waals surface area (Å²) in [7, 11) is 0. The van der Waals surface area contributed by atoms with Crippen LogP contribution in [0.15, 0.2) is 11.6 Å². The minimum atomic E-state index is 0.933. The summed E-state index contributed by atoms with van der Waals surface area (Å²) in [6.07, 6.45) is 5.45. The van der Waals surface area contributed by atoms with Gasteiger partial charge in [0.2, 0.25) is 5.95 Å². The lowest BCUT2D eigenvalue weighted by Gasteiger charge is -2.08. The highest BCUT2D eigenvalue weighted by Gasteiger charge is 2.06. The molecule has 4 nitrogen and oxygen atoms in total. The van der Waals surface area contributed by atoms with E-state index in [2.05, 4.69) is 38.4 Å². The first-order chi connectivity index (χ1) is 9.19. The number of anilines is 1. The standard InChI is InChI=1S/C14H22N4S/c1-4-5-7-15-14-17-11(2)9-18(14)8-6-13-16-12(3)10-19-13/h9-10H,4-8H2,1-3H3,(H,15,17). The van der Waals surface area contributed by atoms with E-state index in [1.54, 1.807) is 11.3 Å². The Balaban J connectivity index is 1.95. The molecule has 0 bridgehead atoms. The first-order valence-corrected chi connectivity index (χ1v) is 7.75. The molecule has 0 aliphatic carbocycles.